The number of fused-ring (bicyclic) bond motifs is 1. The second-order valence-corrected chi connectivity index (χ2v) is 7.95. The minimum absolute atomic E-state index is 0.187. The number of nitrogens with one attached hydrogen (secondary N) is 1. The summed E-state index contributed by atoms with van der Waals surface area (Å²) in [6.07, 6.45) is 5.32. The first-order valence-corrected chi connectivity index (χ1v) is 9.94. The van der Waals surface area contributed by atoms with Gasteiger partial charge in [0.05, 0.1) is 10.4 Å². The van der Waals surface area contributed by atoms with Crippen LogP contribution in [0.5, 0.6) is 0 Å². The number of aromatic nitrogens is 3. The molecule has 0 aliphatic heterocycles. The van der Waals surface area contributed by atoms with Crippen LogP contribution in [0.2, 0.25) is 0 Å². The van der Waals surface area contributed by atoms with Crippen LogP contribution in [0.4, 0.5) is 5.69 Å². The number of pyridine rings is 1. The maximum absolute atomic E-state index is 12.7. The average molecular weight is 378 g/mol. The normalized spacial score (nSPS) is 11.6. The molecule has 0 aliphatic rings. The second kappa shape index (κ2) is 6.85. The Kier molecular flexibility index (Phi) is 4.37. The molecule has 0 aliphatic carbocycles. The maximum Gasteiger partial charge on any atom is 0.261 e. The summed E-state index contributed by atoms with van der Waals surface area (Å²) in [6, 6.07) is 16.0. The van der Waals surface area contributed by atoms with Gasteiger partial charge in [-0.3, -0.25) is 9.71 Å². The number of imidazole rings is 1. The zero-order valence-corrected chi connectivity index (χ0v) is 15.5. The molecule has 27 heavy (non-hydrogen) atoms. The maximum atomic E-state index is 12.7. The summed E-state index contributed by atoms with van der Waals surface area (Å²) >= 11 is 0. The fourth-order valence-corrected chi connectivity index (χ4v) is 3.95. The number of sulfonamides is 1. The monoisotopic (exact) mass is 378 g/mol. The van der Waals surface area contributed by atoms with Gasteiger partial charge in [0, 0.05) is 36.2 Å². The van der Waals surface area contributed by atoms with Crippen molar-refractivity contribution in [1.29, 1.82) is 0 Å². The molecular weight excluding hydrogens is 360 g/mol. The fraction of sp³-hybridized carbons (Fsp3) is 0.100. The topological polar surface area (TPSA) is 76.9 Å². The Morgan fingerprint density at radius 1 is 1.00 bits per heavy atom. The molecule has 0 amide bonds. The number of hydrogen-bond acceptors (Lipinski definition) is 4. The minimum atomic E-state index is -3.68. The van der Waals surface area contributed by atoms with E-state index in [2.05, 4.69) is 14.7 Å². The van der Waals surface area contributed by atoms with Crippen molar-refractivity contribution in [3.63, 3.8) is 0 Å². The Morgan fingerprint density at radius 3 is 2.56 bits per heavy atom. The zero-order valence-electron chi connectivity index (χ0n) is 14.7. The van der Waals surface area contributed by atoms with Gasteiger partial charge in [0.25, 0.3) is 10.0 Å². The van der Waals surface area contributed by atoms with Gasteiger partial charge in [0.15, 0.2) is 0 Å². The summed E-state index contributed by atoms with van der Waals surface area (Å²) < 4.78 is 30.0. The van der Waals surface area contributed by atoms with E-state index in [0.29, 0.717) is 17.7 Å². The van der Waals surface area contributed by atoms with Crippen LogP contribution in [0, 0.1) is 6.92 Å². The van der Waals surface area contributed by atoms with Gasteiger partial charge in [0.1, 0.15) is 5.82 Å². The summed E-state index contributed by atoms with van der Waals surface area (Å²) in [7, 11) is -3.68. The van der Waals surface area contributed by atoms with Gasteiger partial charge in [-0.1, -0.05) is 24.3 Å². The predicted octanol–water partition coefficient (Wildman–Crippen LogP) is 3.59. The largest absolute Gasteiger partial charge is 0.331 e. The lowest BCUT2D eigenvalue weighted by atomic mass is 10.2. The Hall–Kier alpha value is -3.19. The van der Waals surface area contributed by atoms with Crippen molar-refractivity contribution in [3.8, 4) is 0 Å². The lowest BCUT2D eigenvalue weighted by Gasteiger charge is -2.10. The molecule has 0 saturated carbocycles. The van der Waals surface area contributed by atoms with Crippen molar-refractivity contribution in [1.82, 2.24) is 14.5 Å². The van der Waals surface area contributed by atoms with E-state index in [1.165, 1.54) is 0 Å². The molecule has 4 aromatic rings. The van der Waals surface area contributed by atoms with E-state index in [1.54, 1.807) is 42.7 Å². The van der Waals surface area contributed by atoms with Crippen molar-refractivity contribution in [2.24, 2.45) is 0 Å². The number of anilines is 1. The van der Waals surface area contributed by atoms with Gasteiger partial charge in [-0.2, -0.15) is 0 Å². The van der Waals surface area contributed by atoms with Crippen LogP contribution in [0.3, 0.4) is 0 Å². The van der Waals surface area contributed by atoms with Gasteiger partial charge in [-0.15, -0.1) is 0 Å². The SMILES string of the molecule is Cc1nccn1Cc1ccc(NS(=O)(=O)c2ccc3cccnc3c2)cc1. The Bertz CT molecular complexity index is 1200. The molecule has 0 atom stereocenters. The summed E-state index contributed by atoms with van der Waals surface area (Å²) in [5, 5.41) is 0.899. The molecule has 6 nitrogen and oxygen atoms in total. The van der Waals surface area contributed by atoms with E-state index >= 15 is 0 Å². The third kappa shape index (κ3) is 3.68. The fourth-order valence-electron chi connectivity index (χ4n) is 2.87. The van der Waals surface area contributed by atoms with Crippen molar-refractivity contribution >= 4 is 26.6 Å². The summed E-state index contributed by atoms with van der Waals surface area (Å²) in [6.45, 7) is 2.64. The molecule has 7 heteroatoms. The Labute approximate surface area is 157 Å². The predicted molar refractivity (Wildman–Crippen MR) is 105 cm³/mol. The zero-order chi connectivity index (χ0) is 18.9. The van der Waals surface area contributed by atoms with Gasteiger partial charge in [0.2, 0.25) is 0 Å². The molecule has 4 rings (SSSR count). The molecule has 1 N–H and O–H groups in total. The van der Waals surface area contributed by atoms with Crippen molar-refractivity contribution in [3.05, 3.63) is 84.6 Å². The molecule has 0 bridgehead atoms. The van der Waals surface area contributed by atoms with Crippen molar-refractivity contribution in [2.75, 3.05) is 4.72 Å². The molecule has 2 heterocycles. The smallest absolute Gasteiger partial charge is 0.261 e. The average Bonchev–Trinajstić information content (AvgIpc) is 3.07. The van der Waals surface area contributed by atoms with Crippen LogP contribution < -0.4 is 4.72 Å². The molecule has 136 valence electrons. The van der Waals surface area contributed by atoms with Crippen molar-refractivity contribution < 1.29 is 8.42 Å². The molecular formula is C20H18N4O2S. The summed E-state index contributed by atoms with van der Waals surface area (Å²) in [4.78, 5) is 8.60. The van der Waals surface area contributed by atoms with Crippen LogP contribution in [0.15, 0.2) is 78.1 Å². The Balaban J connectivity index is 1.54. The van der Waals surface area contributed by atoms with Gasteiger partial charge in [-0.25, -0.2) is 13.4 Å². The molecule has 0 spiro atoms. The van der Waals surface area contributed by atoms with Gasteiger partial charge in [-0.05, 0) is 42.8 Å². The second-order valence-electron chi connectivity index (χ2n) is 6.26. The van der Waals surface area contributed by atoms with E-state index in [0.717, 1.165) is 16.8 Å². The molecule has 0 unspecified atom stereocenters. The van der Waals surface area contributed by atoms with E-state index in [9.17, 15) is 8.42 Å². The van der Waals surface area contributed by atoms with E-state index < -0.39 is 10.0 Å². The highest BCUT2D eigenvalue weighted by molar-refractivity contribution is 7.92. The number of aryl methyl sites for hydroxylation is 1. The van der Waals surface area contributed by atoms with Crippen LogP contribution in [-0.4, -0.2) is 23.0 Å². The summed E-state index contributed by atoms with van der Waals surface area (Å²) in [5.41, 5.74) is 2.22. The summed E-state index contributed by atoms with van der Waals surface area (Å²) in [5.74, 6) is 0.935. The van der Waals surface area contributed by atoms with Gasteiger partial charge < -0.3 is 4.57 Å². The van der Waals surface area contributed by atoms with Crippen LogP contribution in [0.25, 0.3) is 10.9 Å². The third-order valence-electron chi connectivity index (χ3n) is 4.37. The lowest BCUT2D eigenvalue weighted by Crippen LogP contribution is -2.13. The first kappa shape index (κ1) is 17.2. The lowest BCUT2D eigenvalue weighted by molar-refractivity contribution is 0.601. The molecule has 0 saturated heterocycles. The standard InChI is InChI=1S/C20H18N4O2S/c1-15-21-11-12-24(15)14-16-4-7-18(8-5-16)23-27(25,26)19-9-6-17-3-2-10-22-20(17)13-19/h2-13,23H,14H2,1H3. The molecule has 0 radical (unpaired) electrons. The third-order valence-corrected chi connectivity index (χ3v) is 5.75. The number of nitrogens with zero attached hydrogens (tertiary/aromatic N) is 3. The van der Waals surface area contributed by atoms with Gasteiger partial charge >= 0.3 is 0 Å². The van der Waals surface area contributed by atoms with E-state index in [-0.39, 0.29) is 4.90 Å². The highest BCUT2D eigenvalue weighted by Crippen LogP contribution is 2.20. The van der Waals surface area contributed by atoms with E-state index in [4.69, 9.17) is 0 Å². The van der Waals surface area contributed by atoms with Crippen molar-refractivity contribution in [2.45, 2.75) is 18.4 Å². The number of hydrogen-bond donors (Lipinski definition) is 1. The highest BCUT2D eigenvalue weighted by atomic mass is 32.2. The van der Waals surface area contributed by atoms with Crippen LogP contribution in [-0.2, 0) is 16.6 Å². The molecule has 2 aromatic carbocycles. The number of rotatable bonds is 5. The Morgan fingerprint density at radius 2 is 1.81 bits per heavy atom. The molecule has 2 aromatic heterocycles. The number of benzene rings is 2. The van der Waals surface area contributed by atoms with Crippen LogP contribution in [0.1, 0.15) is 11.4 Å². The van der Waals surface area contributed by atoms with E-state index in [1.807, 2.05) is 42.0 Å². The first-order valence-electron chi connectivity index (χ1n) is 8.45. The highest BCUT2D eigenvalue weighted by Gasteiger charge is 2.15. The minimum Gasteiger partial charge on any atom is -0.331 e. The molecule has 0 fully saturated rings. The first-order chi connectivity index (χ1) is 13.0. The quantitative estimate of drug-likeness (QED) is 0.576. The van der Waals surface area contributed by atoms with Crippen LogP contribution >= 0.6 is 0 Å².